The Balaban J connectivity index is 3.89. The lowest BCUT2D eigenvalue weighted by Gasteiger charge is -2.13. The maximum absolute atomic E-state index is 11.4. The minimum Gasteiger partial charge on any atom is -0.381 e. The minimum atomic E-state index is -1.30. The van der Waals surface area contributed by atoms with E-state index in [4.69, 9.17) is 10.8 Å². The Morgan fingerprint density at radius 1 is 1.36 bits per heavy atom. The summed E-state index contributed by atoms with van der Waals surface area (Å²) in [6.45, 7) is 3.72. The molecule has 1 unspecified atom stereocenters. The lowest BCUT2D eigenvalue weighted by atomic mass is 10.0. The van der Waals surface area contributed by atoms with Crippen molar-refractivity contribution < 1.29 is 14.7 Å². The van der Waals surface area contributed by atoms with E-state index in [0.29, 0.717) is 0 Å². The number of aliphatic hydroxyl groups excluding tert-OH is 1. The van der Waals surface area contributed by atoms with Crippen LogP contribution in [-0.4, -0.2) is 29.6 Å². The van der Waals surface area contributed by atoms with Crippen molar-refractivity contribution in [2.45, 2.75) is 32.8 Å². The fraction of sp³-hybridized carbons (Fsp3) is 0.778. The molecule has 0 aromatic rings. The van der Waals surface area contributed by atoms with Crippen LogP contribution in [0.5, 0.6) is 0 Å². The third-order valence-corrected chi connectivity index (χ3v) is 2.15. The van der Waals surface area contributed by atoms with Gasteiger partial charge in [0.15, 0.2) is 0 Å². The van der Waals surface area contributed by atoms with Gasteiger partial charge in [-0.05, 0) is 12.8 Å². The van der Waals surface area contributed by atoms with Crippen molar-refractivity contribution in [1.29, 1.82) is 0 Å². The molecular weight excluding hydrogens is 184 g/mol. The Kier molecular flexibility index (Phi) is 5.87. The molecule has 0 saturated heterocycles. The molecule has 14 heavy (non-hydrogen) atoms. The van der Waals surface area contributed by atoms with Crippen molar-refractivity contribution in [2.75, 3.05) is 6.54 Å². The van der Waals surface area contributed by atoms with Gasteiger partial charge in [-0.1, -0.05) is 13.8 Å². The molecular formula is C9H18N2O3. The molecule has 0 saturated carbocycles. The molecule has 82 valence electrons. The Labute approximate surface area is 83.7 Å². The maximum Gasteiger partial charge on any atom is 0.248 e. The van der Waals surface area contributed by atoms with E-state index in [9.17, 15) is 9.59 Å². The van der Waals surface area contributed by atoms with Crippen molar-refractivity contribution in [2.24, 2.45) is 11.7 Å². The highest BCUT2D eigenvalue weighted by Gasteiger charge is 2.16. The van der Waals surface area contributed by atoms with Gasteiger partial charge in [0.1, 0.15) is 6.10 Å². The number of carbonyl (C=O) groups excluding carboxylic acids is 2. The van der Waals surface area contributed by atoms with Gasteiger partial charge in [-0.25, -0.2) is 0 Å². The summed E-state index contributed by atoms with van der Waals surface area (Å²) in [5.74, 6) is -1.03. The van der Waals surface area contributed by atoms with E-state index < -0.39 is 12.0 Å². The van der Waals surface area contributed by atoms with Crippen molar-refractivity contribution in [3.8, 4) is 0 Å². The van der Waals surface area contributed by atoms with Crippen molar-refractivity contribution in [3.05, 3.63) is 0 Å². The predicted octanol–water partition coefficient (Wildman–Crippen LogP) is -0.615. The summed E-state index contributed by atoms with van der Waals surface area (Å²) < 4.78 is 0. The van der Waals surface area contributed by atoms with Crippen LogP contribution in [0.25, 0.3) is 0 Å². The fourth-order valence-corrected chi connectivity index (χ4v) is 1.10. The molecule has 5 heteroatoms. The van der Waals surface area contributed by atoms with Gasteiger partial charge in [-0.2, -0.15) is 0 Å². The molecule has 0 rings (SSSR count). The highest BCUT2D eigenvalue weighted by atomic mass is 16.3. The standard InChI is InChI=1S/C9H18N2O3/c1-3-6(4-2)9(14)11-5-7(12)8(10)13/h6-7,12H,3-5H2,1-2H3,(H2,10,13)(H,11,14). The van der Waals surface area contributed by atoms with E-state index in [1.807, 2.05) is 13.8 Å². The average Bonchev–Trinajstić information content (AvgIpc) is 2.15. The Morgan fingerprint density at radius 2 is 1.86 bits per heavy atom. The van der Waals surface area contributed by atoms with Gasteiger partial charge in [-0.3, -0.25) is 9.59 Å². The molecule has 4 N–H and O–H groups in total. The number of nitrogens with one attached hydrogen (secondary N) is 1. The average molecular weight is 202 g/mol. The second-order valence-corrected chi connectivity index (χ2v) is 3.18. The first-order valence-corrected chi connectivity index (χ1v) is 4.77. The lowest BCUT2D eigenvalue weighted by molar-refractivity contribution is -0.128. The van der Waals surface area contributed by atoms with Crippen LogP contribution in [0.2, 0.25) is 0 Å². The van der Waals surface area contributed by atoms with E-state index in [1.54, 1.807) is 0 Å². The largest absolute Gasteiger partial charge is 0.381 e. The fourth-order valence-electron chi connectivity index (χ4n) is 1.10. The smallest absolute Gasteiger partial charge is 0.248 e. The molecule has 0 aliphatic carbocycles. The van der Waals surface area contributed by atoms with Crippen LogP contribution in [-0.2, 0) is 9.59 Å². The number of hydrogen-bond donors (Lipinski definition) is 3. The van der Waals surface area contributed by atoms with Crippen LogP contribution in [0, 0.1) is 5.92 Å². The van der Waals surface area contributed by atoms with Crippen LogP contribution in [0.4, 0.5) is 0 Å². The van der Waals surface area contributed by atoms with Crippen molar-refractivity contribution >= 4 is 11.8 Å². The zero-order chi connectivity index (χ0) is 11.1. The summed E-state index contributed by atoms with van der Waals surface area (Å²) in [6.07, 6.45) is 0.192. The molecule has 0 fully saturated rings. The van der Waals surface area contributed by atoms with Crippen LogP contribution < -0.4 is 11.1 Å². The Morgan fingerprint density at radius 3 is 2.21 bits per heavy atom. The monoisotopic (exact) mass is 202 g/mol. The van der Waals surface area contributed by atoms with E-state index in [2.05, 4.69) is 5.32 Å². The van der Waals surface area contributed by atoms with E-state index in [1.165, 1.54) is 0 Å². The van der Waals surface area contributed by atoms with Crippen LogP contribution in [0.3, 0.4) is 0 Å². The highest BCUT2D eigenvalue weighted by Crippen LogP contribution is 2.06. The van der Waals surface area contributed by atoms with Crippen LogP contribution in [0.15, 0.2) is 0 Å². The first-order valence-electron chi connectivity index (χ1n) is 4.77. The zero-order valence-electron chi connectivity index (χ0n) is 8.62. The number of hydrogen-bond acceptors (Lipinski definition) is 3. The number of amides is 2. The van der Waals surface area contributed by atoms with E-state index >= 15 is 0 Å². The van der Waals surface area contributed by atoms with E-state index in [0.717, 1.165) is 12.8 Å². The van der Waals surface area contributed by atoms with E-state index in [-0.39, 0.29) is 18.4 Å². The number of nitrogens with two attached hydrogens (primary N) is 1. The summed E-state index contributed by atoms with van der Waals surface area (Å²) in [4.78, 5) is 21.8. The molecule has 0 heterocycles. The number of aliphatic hydroxyl groups is 1. The van der Waals surface area contributed by atoms with Gasteiger partial charge in [-0.15, -0.1) is 0 Å². The summed E-state index contributed by atoms with van der Waals surface area (Å²) in [6, 6.07) is 0. The Bertz CT molecular complexity index is 202. The first-order chi connectivity index (χ1) is 6.52. The second-order valence-electron chi connectivity index (χ2n) is 3.18. The molecule has 5 nitrogen and oxygen atoms in total. The minimum absolute atomic E-state index is 0.0601. The van der Waals surface area contributed by atoms with Gasteiger partial charge in [0.05, 0.1) is 6.54 Å². The summed E-state index contributed by atoms with van der Waals surface area (Å²) >= 11 is 0. The summed E-state index contributed by atoms with van der Waals surface area (Å²) in [5, 5.41) is 11.5. The van der Waals surface area contributed by atoms with Crippen molar-refractivity contribution in [1.82, 2.24) is 5.32 Å². The Hall–Kier alpha value is -1.10. The predicted molar refractivity (Wildman–Crippen MR) is 52.3 cm³/mol. The highest BCUT2D eigenvalue weighted by molar-refractivity contribution is 5.81. The third-order valence-electron chi connectivity index (χ3n) is 2.15. The summed E-state index contributed by atoms with van der Waals surface area (Å²) in [5.41, 5.74) is 4.82. The van der Waals surface area contributed by atoms with Gasteiger partial charge in [0.25, 0.3) is 0 Å². The topological polar surface area (TPSA) is 92.4 Å². The maximum atomic E-state index is 11.4. The molecule has 0 aliphatic heterocycles. The zero-order valence-corrected chi connectivity index (χ0v) is 8.62. The van der Waals surface area contributed by atoms with Crippen LogP contribution >= 0.6 is 0 Å². The van der Waals surface area contributed by atoms with Crippen LogP contribution in [0.1, 0.15) is 26.7 Å². The molecule has 1 atom stereocenters. The molecule has 0 aromatic heterocycles. The number of primary amides is 1. The first kappa shape index (κ1) is 12.9. The SMILES string of the molecule is CCC(CC)C(=O)NCC(O)C(N)=O. The molecule has 0 bridgehead atoms. The molecule has 0 spiro atoms. The molecule has 0 aliphatic rings. The number of rotatable bonds is 6. The quantitative estimate of drug-likeness (QED) is 0.536. The lowest BCUT2D eigenvalue weighted by Crippen LogP contribution is -2.41. The molecule has 2 amide bonds. The van der Waals surface area contributed by atoms with Crippen molar-refractivity contribution in [3.63, 3.8) is 0 Å². The van der Waals surface area contributed by atoms with Gasteiger partial charge < -0.3 is 16.2 Å². The van der Waals surface area contributed by atoms with Gasteiger partial charge >= 0.3 is 0 Å². The normalized spacial score (nSPS) is 12.6. The van der Waals surface area contributed by atoms with Gasteiger partial charge in [0, 0.05) is 5.92 Å². The molecule has 0 aromatic carbocycles. The number of carbonyl (C=O) groups is 2. The summed E-state index contributed by atoms with van der Waals surface area (Å²) in [7, 11) is 0. The van der Waals surface area contributed by atoms with Gasteiger partial charge in [0.2, 0.25) is 11.8 Å². The third kappa shape index (κ3) is 4.23. The second kappa shape index (κ2) is 6.37. The molecule has 0 radical (unpaired) electrons.